The van der Waals surface area contributed by atoms with Crippen molar-refractivity contribution in [1.82, 2.24) is 16.0 Å². The Labute approximate surface area is 213 Å². The van der Waals surface area contributed by atoms with Gasteiger partial charge in [0.15, 0.2) is 0 Å². The molecule has 1 heterocycles. The van der Waals surface area contributed by atoms with Crippen LogP contribution in [-0.4, -0.2) is 31.6 Å². The maximum atomic E-state index is 13.5. The zero-order valence-corrected chi connectivity index (χ0v) is 20.7. The number of hydrogen-bond acceptors (Lipinski definition) is 5. The van der Waals surface area contributed by atoms with Gasteiger partial charge in [0.2, 0.25) is 5.91 Å². The lowest BCUT2D eigenvalue weighted by Crippen LogP contribution is -2.48. The topological polar surface area (TPSA) is 86.2 Å². The van der Waals surface area contributed by atoms with Crippen molar-refractivity contribution in [2.45, 2.75) is 44.2 Å². The molecule has 1 unspecified atom stereocenters. The average molecular weight is 483 g/mol. The van der Waals surface area contributed by atoms with Gasteiger partial charge in [-0.3, -0.25) is 4.79 Å². The number of hydrogen-bond donors (Lipinski definition) is 3. The first-order valence-electron chi connectivity index (χ1n) is 12.7. The number of allylic oxidation sites excluding steroid dienone is 4. The molecule has 2 aromatic carbocycles. The number of nitriles is 1. The summed E-state index contributed by atoms with van der Waals surface area (Å²) >= 11 is 0. The molecule has 1 aliphatic heterocycles. The van der Waals surface area contributed by atoms with Gasteiger partial charge in [0.05, 0.1) is 11.6 Å². The minimum absolute atomic E-state index is 0.0991. The fraction of sp³-hybridized carbons (Fsp3) is 0.333. The fourth-order valence-electron chi connectivity index (χ4n) is 4.17. The van der Waals surface area contributed by atoms with E-state index < -0.39 is 6.04 Å². The molecule has 1 fully saturated rings. The van der Waals surface area contributed by atoms with Crippen molar-refractivity contribution in [2.75, 3.05) is 19.6 Å². The highest BCUT2D eigenvalue weighted by molar-refractivity contribution is 5.85. The lowest BCUT2D eigenvalue weighted by Gasteiger charge is -2.28. The molecule has 1 aliphatic carbocycles. The molecule has 2 aliphatic rings. The van der Waals surface area contributed by atoms with E-state index in [0.717, 1.165) is 54.9 Å². The standard InChI is InChI=1S/C30H34N4O2/c1-22(24-14-12-23(18-31)13-15-24)19-33-29(25-8-4-2-5-9-25)30(35)34-26-10-6-3-7-11-27(17-16-26)36-28-20-32-21-28/h2,4-5,8-17,22,28-29,32-33H,3,6-7,19-21H2,1H3,(H,34,35)/b17-16-,26-10-,27-11-/t22-,29?/m1/s1. The lowest BCUT2D eigenvalue weighted by atomic mass is 9.98. The van der Waals surface area contributed by atoms with Gasteiger partial charge in [-0.15, -0.1) is 0 Å². The Morgan fingerprint density at radius 3 is 2.50 bits per heavy atom. The number of amides is 1. The van der Waals surface area contributed by atoms with Crippen LogP contribution in [0.3, 0.4) is 0 Å². The summed E-state index contributed by atoms with van der Waals surface area (Å²) in [5, 5.41) is 18.9. The van der Waals surface area contributed by atoms with Crippen LogP contribution in [0.15, 0.2) is 90.4 Å². The molecule has 36 heavy (non-hydrogen) atoms. The van der Waals surface area contributed by atoms with Crippen LogP contribution in [0, 0.1) is 11.3 Å². The Kier molecular flexibility index (Phi) is 9.09. The molecule has 0 spiro atoms. The second-order valence-electron chi connectivity index (χ2n) is 9.30. The van der Waals surface area contributed by atoms with E-state index in [4.69, 9.17) is 10.00 Å². The average Bonchev–Trinajstić information content (AvgIpc) is 2.99. The summed E-state index contributed by atoms with van der Waals surface area (Å²) < 4.78 is 6.05. The predicted molar refractivity (Wildman–Crippen MR) is 142 cm³/mol. The van der Waals surface area contributed by atoms with Crippen molar-refractivity contribution < 1.29 is 9.53 Å². The molecule has 0 aromatic heterocycles. The van der Waals surface area contributed by atoms with E-state index in [-0.39, 0.29) is 17.9 Å². The largest absolute Gasteiger partial charge is 0.488 e. The molecule has 0 saturated carbocycles. The molecule has 2 atom stereocenters. The summed E-state index contributed by atoms with van der Waals surface area (Å²) in [5.41, 5.74) is 3.46. The van der Waals surface area contributed by atoms with E-state index in [0.29, 0.717) is 12.1 Å². The molecule has 3 N–H and O–H groups in total. The van der Waals surface area contributed by atoms with Crippen LogP contribution in [0.2, 0.25) is 0 Å². The summed E-state index contributed by atoms with van der Waals surface area (Å²) in [4.78, 5) is 13.5. The first-order chi connectivity index (χ1) is 17.6. The third-order valence-electron chi connectivity index (χ3n) is 6.49. The molecular formula is C30H34N4O2. The molecule has 1 saturated heterocycles. The van der Waals surface area contributed by atoms with E-state index in [1.807, 2.05) is 66.7 Å². The molecule has 6 heteroatoms. The molecule has 186 valence electrons. The van der Waals surface area contributed by atoms with Crippen molar-refractivity contribution in [1.29, 1.82) is 5.26 Å². The summed E-state index contributed by atoms with van der Waals surface area (Å²) in [6.07, 6.45) is 11.1. The normalized spacial score (nSPS) is 21.4. The van der Waals surface area contributed by atoms with Gasteiger partial charge in [0.1, 0.15) is 17.9 Å². The van der Waals surface area contributed by atoms with Gasteiger partial charge in [-0.2, -0.15) is 5.26 Å². The molecule has 6 nitrogen and oxygen atoms in total. The second kappa shape index (κ2) is 12.9. The monoisotopic (exact) mass is 482 g/mol. The van der Waals surface area contributed by atoms with Crippen LogP contribution >= 0.6 is 0 Å². The molecule has 4 rings (SSSR count). The maximum absolute atomic E-state index is 13.5. The van der Waals surface area contributed by atoms with E-state index >= 15 is 0 Å². The van der Waals surface area contributed by atoms with Gasteiger partial charge in [-0.1, -0.05) is 55.5 Å². The third-order valence-corrected chi connectivity index (χ3v) is 6.49. The van der Waals surface area contributed by atoms with Crippen LogP contribution in [0.4, 0.5) is 0 Å². The van der Waals surface area contributed by atoms with Gasteiger partial charge in [-0.05, 0) is 66.7 Å². The van der Waals surface area contributed by atoms with Crippen LogP contribution in [-0.2, 0) is 9.53 Å². The third kappa shape index (κ3) is 7.17. The van der Waals surface area contributed by atoms with Crippen molar-refractivity contribution in [3.05, 3.63) is 107 Å². The number of nitrogens with zero attached hydrogens (tertiary/aromatic N) is 1. The summed E-state index contributed by atoms with van der Waals surface area (Å²) in [7, 11) is 0. The van der Waals surface area contributed by atoms with Gasteiger partial charge in [0, 0.05) is 25.3 Å². The van der Waals surface area contributed by atoms with Gasteiger partial charge in [-0.25, -0.2) is 0 Å². The summed E-state index contributed by atoms with van der Waals surface area (Å²) in [5.74, 6) is 0.933. The first kappa shape index (κ1) is 25.4. The Morgan fingerprint density at radius 2 is 1.81 bits per heavy atom. The SMILES string of the molecule is C[C@H](CNC(C(=O)NC1=C\CCC/C=C(OC2CNC2)/C=C\1)c1ccccc1)c1ccc(C#N)cc1. The van der Waals surface area contributed by atoms with E-state index in [1.165, 1.54) is 0 Å². The van der Waals surface area contributed by atoms with Crippen molar-refractivity contribution >= 4 is 5.91 Å². The van der Waals surface area contributed by atoms with Crippen LogP contribution in [0.1, 0.15) is 54.8 Å². The Morgan fingerprint density at radius 1 is 1.06 bits per heavy atom. The van der Waals surface area contributed by atoms with Gasteiger partial charge < -0.3 is 20.7 Å². The number of carbonyl (C=O) groups is 1. The molecular weight excluding hydrogens is 448 g/mol. The molecule has 2 aromatic rings. The Bertz CT molecular complexity index is 1140. The summed E-state index contributed by atoms with van der Waals surface area (Å²) in [6.45, 7) is 4.47. The second-order valence-corrected chi connectivity index (χ2v) is 9.30. The van der Waals surface area contributed by atoms with Crippen LogP contribution < -0.4 is 16.0 Å². The Balaban J connectivity index is 1.44. The number of nitrogens with one attached hydrogen (secondary N) is 3. The molecule has 1 amide bonds. The number of ether oxygens (including phenoxy) is 1. The minimum Gasteiger partial charge on any atom is -0.488 e. The number of carbonyl (C=O) groups excluding carboxylic acids is 1. The van der Waals surface area contributed by atoms with Crippen molar-refractivity contribution in [2.24, 2.45) is 0 Å². The number of benzene rings is 2. The fourth-order valence-corrected chi connectivity index (χ4v) is 4.17. The van der Waals surface area contributed by atoms with Crippen molar-refractivity contribution in [3.63, 3.8) is 0 Å². The molecule has 0 radical (unpaired) electrons. The van der Waals surface area contributed by atoms with Crippen molar-refractivity contribution in [3.8, 4) is 6.07 Å². The lowest BCUT2D eigenvalue weighted by molar-refractivity contribution is -0.122. The first-order valence-corrected chi connectivity index (χ1v) is 12.7. The minimum atomic E-state index is -0.499. The number of rotatable bonds is 9. The van der Waals surface area contributed by atoms with E-state index in [1.54, 1.807) is 0 Å². The van der Waals surface area contributed by atoms with Gasteiger partial charge >= 0.3 is 0 Å². The van der Waals surface area contributed by atoms with Crippen LogP contribution in [0.5, 0.6) is 0 Å². The smallest absolute Gasteiger partial charge is 0.246 e. The predicted octanol–water partition coefficient (Wildman–Crippen LogP) is 4.61. The zero-order valence-electron chi connectivity index (χ0n) is 20.7. The van der Waals surface area contributed by atoms with E-state index in [2.05, 4.69) is 41.1 Å². The zero-order chi connectivity index (χ0) is 25.2. The highest BCUT2D eigenvalue weighted by Gasteiger charge is 2.22. The molecule has 0 bridgehead atoms. The summed E-state index contributed by atoms with van der Waals surface area (Å²) in [6, 6.07) is 19.1. The highest BCUT2D eigenvalue weighted by atomic mass is 16.5. The quantitative estimate of drug-likeness (QED) is 0.486. The van der Waals surface area contributed by atoms with Crippen LogP contribution in [0.25, 0.3) is 0 Å². The Hall–Kier alpha value is -3.66. The maximum Gasteiger partial charge on any atom is 0.246 e. The van der Waals surface area contributed by atoms with E-state index in [9.17, 15) is 4.79 Å². The highest BCUT2D eigenvalue weighted by Crippen LogP contribution is 2.20. The van der Waals surface area contributed by atoms with Gasteiger partial charge in [0.25, 0.3) is 0 Å².